The molecule has 0 fully saturated rings. The lowest BCUT2D eigenvalue weighted by molar-refractivity contribution is 0.482. The predicted molar refractivity (Wildman–Crippen MR) is 80.8 cm³/mol. The van der Waals surface area contributed by atoms with E-state index in [9.17, 15) is 0 Å². The van der Waals surface area contributed by atoms with Crippen LogP contribution >= 0.6 is 34.8 Å². The van der Waals surface area contributed by atoms with Crippen LogP contribution in [0.5, 0.6) is 11.5 Å². The van der Waals surface area contributed by atoms with E-state index >= 15 is 0 Å². The number of halogens is 3. The van der Waals surface area contributed by atoms with Crippen LogP contribution in [0.3, 0.4) is 0 Å². The molecular formula is C14H12Cl3NO. The molecule has 0 aliphatic heterocycles. The summed E-state index contributed by atoms with van der Waals surface area (Å²) in [6, 6.07) is 10.7. The quantitative estimate of drug-likeness (QED) is 0.841. The van der Waals surface area contributed by atoms with Crippen LogP contribution in [0.25, 0.3) is 0 Å². The maximum absolute atomic E-state index is 6.18. The Hall–Kier alpha value is -0.930. The summed E-state index contributed by atoms with van der Waals surface area (Å²) < 4.78 is 5.68. The van der Waals surface area contributed by atoms with E-state index in [1.54, 1.807) is 18.2 Å². The van der Waals surface area contributed by atoms with Crippen molar-refractivity contribution >= 4 is 34.8 Å². The van der Waals surface area contributed by atoms with E-state index in [2.05, 4.69) is 5.32 Å². The standard InChI is InChI=1S/C14H12Cl3NO/c1-18-8-9-2-3-14(13(17)4-9)19-12-6-10(15)5-11(16)7-12/h2-7,18H,8H2,1H3. The lowest BCUT2D eigenvalue weighted by Gasteiger charge is -2.10. The van der Waals surface area contributed by atoms with E-state index in [1.807, 2.05) is 25.2 Å². The molecule has 0 amide bonds. The summed E-state index contributed by atoms with van der Waals surface area (Å²) >= 11 is 18.0. The van der Waals surface area contributed by atoms with Crippen LogP contribution < -0.4 is 10.1 Å². The van der Waals surface area contributed by atoms with E-state index in [0.29, 0.717) is 26.6 Å². The average Bonchev–Trinajstić information content (AvgIpc) is 2.32. The zero-order chi connectivity index (χ0) is 13.8. The number of benzene rings is 2. The molecule has 1 N–H and O–H groups in total. The number of nitrogens with one attached hydrogen (secondary N) is 1. The molecule has 0 saturated heterocycles. The van der Waals surface area contributed by atoms with Crippen LogP contribution in [0.2, 0.25) is 15.1 Å². The highest BCUT2D eigenvalue weighted by Gasteiger charge is 2.06. The zero-order valence-corrected chi connectivity index (χ0v) is 12.5. The molecule has 2 aromatic carbocycles. The van der Waals surface area contributed by atoms with Crippen LogP contribution in [0, 0.1) is 0 Å². The molecular weight excluding hydrogens is 305 g/mol. The van der Waals surface area contributed by atoms with Crippen molar-refractivity contribution < 1.29 is 4.74 Å². The molecule has 0 bridgehead atoms. The third-order valence-corrected chi connectivity index (χ3v) is 3.17. The Kier molecular flexibility index (Phi) is 4.94. The highest BCUT2D eigenvalue weighted by atomic mass is 35.5. The molecule has 0 aliphatic rings. The predicted octanol–water partition coefficient (Wildman–Crippen LogP) is 5.16. The number of ether oxygens (including phenoxy) is 1. The second-order valence-electron chi connectivity index (χ2n) is 4.00. The second-order valence-corrected chi connectivity index (χ2v) is 5.28. The van der Waals surface area contributed by atoms with E-state index < -0.39 is 0 Å². The smallest absolute Gasteiger partial charge is 0.146 e. The van der Waals surface area contributed by atoms with Crippen LogP contribution in [-0.4, -0.2) is 7.05 Å². The first kappa shape index (κ1) is 14.5. The minimum Gasteiger partial charge on any atom is -0.456 e. The first-order chi connectivity index (χ1) is 9.08. The lowest BCUT2D eigenvalue weighted by Crippen LogP contribution is -2.04. The van der Waals surface area contributed by atoms with Crippen LogP contribution in [0.1, 0.15) is 5.56 Å². The summed E-state index contributed by atoms with van der Waals surface area (Å²) in [5.41, 5.74) is 1.09. The van der Waals surface area contributed by atoms with Crippen LogP contribution in [-0.2, 0) is 6.54 Å². The van der Waals surface area contributed by atoms with Gasteiger partial charge >= 0.3 is 0 Å². The monoisotopic (exact) mass is 315 g/mol. The van der Waals surface area contributed by atoms with Gasteiger partial charge in [-0.15, -0.1) is 0 Å². The van der Waals surface area contributed by atoms with Crippen molar-refractivity contribution in [2.75, 3.05) is 7.05 Å². The normalized spacial score (nSPS) is 10.5. The fraction of sp³-hybridized carbons (Fsp3) is 0.143. The second kappa shape index (κ2) is 6.49. The summed E-state index contributed by atoms with van der Waals surface area (Å²) in [7, 11) is 1.88. The fourth-order valence-corrected chi connectivity index (χ4v) is 2.40. The highest BCUT2D eigenvalue weighted by Crippen LogP contribution is 2.32. The van der Waals surface area contributed by atoms with Crippen molar-refractivity contribution in [3.63, 3.8) is 0 Å². The Labute approximate surface area is 127 Å². The van der Waals surface area contributed by atoms with Gasteiger partial charge in [0, 0.05) is 16.6 Å². The topological polar surface area (TPSA) is 21.3 Å². The minimum absolute atomic E-state index is 0.519. The molecule has 0 saturated carbocycles. The van der Waals surface area contributed by atoms with Gasteiger partial charge < -0.3 is 10.1 Å². The third-order valence-electron chi connectivity index (χ3n) is 2.44. The van der Waals surface area contributed by atoms with Gasteiger partial charge in [-0.25, -0.2) is 0 Å². The SMILES string of the molecule is CNCc1ccc(Oc2cc(Cl)cc(Cl)c2)c(Cl)c1. The lowest BCUT2D eigenvalue weighted by atomic mass is 10.2. The zero-order valence-electron chi connectivity index (χ0n) is 10.2. The molecule has 2 nitrogen and oxygen atoms in total. The molecule has 2 rings (SSSR count). The minimum atomic E-state index is 0.519. The van der Waals surface area contributed by atoms with E-state index in [0.717, 1.165) is 12.1 Å². The van der Waals surface area contributed by atoms with Gasteiger partial charge in [-0.3, -0.25) is 0 Å². The summed E-state index contributed by atoms with van der Waals surface area (Å²) in [5.74, 6) is 1.13. The van der Waals surface area contributed by atoms with E-state index in [4.69, 9.17) is 39.5 Å². The van der Waals surface area contributed by atoms with Gasteiger partial charge in [0.15, 0.2) is 0 Å². The van der Waals surface area contributed by atoms with Gasteiger partial charge in [0.2, 0.25) is 0 Å². The van der Waals surface area contributed by atoms with Gasteiger partial charge in [-0.1, -0.05) is 40.9 Å². The van der Waals surface area contributed by atoms with Gasteiger partial charge in [0.25, 0.3) is 0 Å². The van der Waals surface area contributed by atoms with Crippen molar-refractivity contribution in [1.82, 2.24) is 5.32 Å². The maximum atomic E-state index is 6.18. The van der Waals surface area contributed by atoms with E-state index in [1.165, 1.54) is 0 Å². The Morgan fingerprint density at radius 1 is 1.00 bits per heavy atom. The summed E-state index contributed by atoms with van der Waals surface area (Å²) in [6.45, 7) is 0.753. The molecule has 2 aromatic rings. The van der Waals surface area contributed by atoms with Crippen LogP contribution in [0.4, 0.5) is 0 Å². The Bertz CT molecular complexity index is 567. The number of hydrogen-bond donors (Lipinski definition) is 1. The summed E-state index contributed by atoms with van der Waals surface area (Å²) in [4.78, 5) is 0. The first-order valence-electron chi connectivity index (χ1n) is 5.65. The first-order valence-corrected chi connectivity index (χ1v) is 6.79. The van der Waals surface area contributed by atoms with Crippen LogP contribution in [0.15, 0.2) is 36.4 Å². The summed E-state index contributed by atoms with van der Waals surface area (Å²) in [5, 5.41) is 4.64. The molecule has 19 heavy (non-hydrogen) atoms. The van der Waals surface area contributed by atoms with Gasteiger partial charge in [0.05, 0.1) is 5.02 Å². The van der Waals surface area contributed by atoms with Crippen molar-refractivity contribution in [1.29, 1.82) is 0 Å². The Balaban J connectivity index is 2.23. The molecule has 0 heterocycles. The highest BCUT2D eigenvalue weighted by molar-refractivity contribution is 6.34. The van der Waals surface area contributed by atoms with Gasteiger partial charge in [-0.2, -0.15) is 0 Å². The van der Waals surface area contributed by atoms with Crippen molar-refractivity contribution in [2.45, 2.75) is 6.54 Å². The van der Waals surface area contributed by atoms with E-state index in [-0.39, 0.29) is 0 Å². The maximum Gasteiger partial charge on any atom is 0.146 e. The molecule has 0 unspecified atom stereocenters. The molecule has 5 heteroatoms. The van der Waals surface area contributed by atoms with Crippen molar-refractivity contribution in [2.24, 2.45) is 0 Å². The largest absolute Gasteiger partial charge is 0.456 e. The number of hydrogen-bond acceptors (Lipinski definition) is 2. The molecule has 0 aromatic heterocycles. The van der Waals surface area contributed by atoms with Crippen molar-refractivity contribution in [3.8, 4) is 11.5 Å². The average molecular weight is 317 g/mol. The third kappa shape index (κ3) is 4.02. The van der Waals surface area contributed by atoms with Crippen molar-refractivity contribution in [3.05, 3.63) is 57.0 Å². The van der Waals surface area contributed by atoms with Gasteiger partial charge in [-0.05, 0) is 42.9 Å². The Morgan fingerprint density at radius 2 is 1.68 bits per heavy atom. The van der Waals surface area contributed by atoms with Gasteiger partial charge in [0.1, 0.15) is 11.5 Å². The molecule has 0 atom stereocenters. The molecule has 0 aliphatic carbocycles. The molecule has 0 spiro atoms. The summed E-state index contributed by atoms with van der Waals surface area (Å²) in [6.07, 6.45) is 0. The fourth-order valence-electron chi connectivity index (χ4n) is 1.66. The molecule has 0 radical (unpaired) electrons. The Morgan fingerprint density at radius 3 is 2.26 bits per heavy atom. The molecule has 100 valence electrons. The number of rotatable bonds is 4.